The molecule has 0 saturated carbocycles. The summed E-state index contributed by atoms with van der Waals surface area (Å²) in [6.45, 7) is -3.43. The van der Waals surface area contributed by atoms with Gasteiger partial charge in [0.25, 0.3) is 0 Å². The standard InChI is InChI=1S/C13H17N5O4/c1-2-9(21)17-11-10-12(15-5-14-11)18(6-16-10)13-8(20)3-7(4-19)22-13/h5-8,13,19-20H,2-4H2,1H3,(H,14,15,17,21)/i1D3,2D2. The van der Waals surface area contributed by atoms with E-state index in [4.69, 9.17) is 11.6 Å². The molecule has 0 bridgehead atoms. The van der Waals surface area contributed by atoms with Crippen molar-refractivity contribution in [3.05, 3.63) is 12.7 Å². The van der Waals surface area contributed by atoms with Gasteiger partial charge in [0.1, 0.15) is 12.4 Å². The van der Waals surface area contributed by atoms with Crippen molar-refractivity contribution in [3.8, 4) is 0 Å². The van der Waals surface area contributed by atoms with E-state index < -0.39 is 37.6 Å². The zero-order valence-electron chi connectivity index (χ0n) is 16.3. The number of nitrogens with one attached hydrogen (secondary N) is 1. The highest BCUT2D eigenvalue weighted by molar-refractivity contribution is 5.96. The van der Waals surface area contributed by atoms with Gasteiger partial charge in [0.15, 0.2) is 23.2 Å². The third kappa shape index (κ3) is 2.54. The fourth-order valence-corrected chi connectivity index (χ4v) is 2.37. The van der Waals surface area contributed by atoms with E-state index in [9.17, 15) is 15.0 Å². The molecular weight excluding hydrogens is 290 g/mol. The SMILES string of the molecule is [2H]C([2H])([2H])C([2H])([2H])C(=O)Nc1ncnc2c1ncn2C1OC(CO)CC1O. The molecular formula is C13H17N5O4. The van der Waals surface area contributed by atoms with Gasteiger partial charge in [0, 0.05) is 19.6 Å². The molecule has 3 atom stereocenters. The molecule has 2 aromatic heterocycles. The number of nitrogens with zero attached hydrogens (tertiary/aromatic N) is 4. The van der Waals surface area contributed by atoms with E-state index in [1.807, 2.05) is 0 Å². The van der Waals surface area contributed by atoms with E-state index in [2.05, 4.69) is 20.3 Å². The molecule has 9 heteroatoms. The fourth-order valence-electron chi connectivity index (χ4n) is 2.37. The number of anilines is 1. The predicted molar refractivity (Wildman–Crippen MR) is 75.9 cm³/mol. The number of fused-ring (bicyclic) bond motifs is 1. The minimum atomic E-state index is -3.16. The van der Waals surface area contributed by atoms with Gasteiger partial charge in [-0.1, -0.05) is 6.85 Å². The van der Waals surface area contributed by atoms with Crippen molar-refractivity contribution in [1.82, 2.24) is 19.5 Å². The molecule has 1 fully saturated rings. The largest absolute Gasteiger partial charge is 0.394 e. The van der Waals surface area contributed by atoms with Crippen molar-refractivity contribution in [2.45, 2.75) is 38.1 Å². The van der Waals surface area contributed by atoms with Crippen molar-refractivity contribution < 1.29 is 26.6 Å². The summed E-state index contributed by atoms with van der Waals surface area (Å²) in [5.41, 5.74) is 0.243. The molecule has 9 nitrogen and oxygen atoms in total. The average Bonchev–Trinajstić information content (AvgIpc) is 3.17. The molecule has 0 spiro atoms. The Kier molecular flexibility index (Phi) is 2.66. The van der Waals surface area contributed by atoms with Crippen LogP contribution < -0.4 is 5.32 Å². The van der Waals surface area contributed by atoms with Crippen LogP contribution in [0.1, 0.15) is 32.7 Å². The molecule has 3 unspecified atom stereocenters. The van der Waals surface area contributed by atoms with E-state index >= 15 is 0 Å². The summed E-state index contributed by atoms with van der Waals surface area (Å²) >= 11 is 0. The molecule has 1 aliphatic rings. The Morgan fingerprint density at radius 2 is 2.50 bits per heavy atom. The van der Waals surface area contributed by atoms with Crippen LogP contribution in [0.2, 0.25) is 0 Å². The number of aliphatic hydroxyl groups is 2. The van der Waals surface area contributed by atoms with E-state index in [0.29, 0.717) is 0 Å². The van der Waals surface area contributed by atoms with Crippen LogP contribution in [0.3, 0.4) is 0 Å². The van der Waals surface area contributed by atoms with Crippen molar-refractivity contribution in [1.29, 1.82) is 0 Å². The summed E-state index contributed by atoms with van der Waals surface area (Å²) in [5, 5.41) is 21.4. The Labute approximate surface area is 133 Å². The highest BCUT2D eigenvalue weighted by Gasteiger charge is 2.36. The highest BCUT2D eigenvalue weighted by Crippen LogP contribution is 2.31. The lowest BCUT2D eigenvalue weighted by Gasteiger charge is -2.16. The molecule has 0 aliphatic carbocycles. The Bertz CT molecular complexity index is 857. The maximum atomic E-state index is 12.1. The number of rotatable bonds is 4. The third-order valence-corrected chi connectivity index (χ3v) is 3.35. The summed E-state index contributed by atoms with van der Waals surface area (Å²) in [4.78, 5) is 24.0. The van der Waals surface area contributed by atoms with Crippen molar-refractivity contribution >= 4 is 22.9 Å². The minimum absolute atomic E-state index is 0.0652. The Balaban J connectivity index is 1.92. The lowest BCUT2D eigenvalue weighted by Crippen LogP contribution is -2.19. The summed E-state index contributed by atoms with van der Waals surface area (Å²) in [7, 11) is 0. The second-order valence-electron chi connectivity index (χ2n) is 4.76. The smallest absolute Gasteiger partial charge is 0.225 e. The number of carbonyl (C=O) groups is 1. The summed E-state index contributed by atoms with van der Waals surface area (Å²) in [6, 6.07) is 0. The number of hydrogen-bond donors (Lipinski definition) is 3. The van der Waals surface area contributed by atoms with Gasteiger partial charge in [0.05, 0.1) is 19.0 Å². The molecule has 22 heavy (non-hydrogen) atoms. The van der Waals surface area contributed by atoms with Gasteiger partial charge < -0.3 is 20.3 Å². The van der Waals surface area contributed by atoms with E-state index in [0.717, 1.165) is 6.33 Å². The van der Waals surface area contributed by atoms with E-state index in [-0.39, 0.29) is 30.0 Å². The van der Waals surface area contributed by atoms with Gasteiger partial charge in [-0.25, -0.2) is 15.0 Å². The summed E-state index contributed by atoms with van der Waals surface area (Å²) in [6.07, 6.45) is -2.88. The first-order valence-electron chi connectivity index (χ1n) is 8.99. The summed E-state index contributed by atoms with van der Waals surface area (Å²) < 4.78 is 43.4. The number of hydrogen-bond acceptors (Lipinski definition) is 7. The van der Waals surface area contributed by atoms with Crippen LogP contribution in [0.5, 0.6) is 0 Å². The minimum Gasteiger partial charge on any atom is -0.394 e. The Morgan fingerprint density at radius 3 is 3.23 bits per heavy atom. The zero-order valence-corrected chi connectivity index (χ0v) is 11.3. The summed E-state index contributed by atoms with van der Waals surface area (Å²) in [5.74, 6) is -1.57. The number of amides is 1. The molecule has 1 saturated heterocycles. The molecule has 0 radical (unpaired) electrons. The van der Waals surface area contributed by atoms with Gasteiger partial charge in [-0.15, -0.1) is 0 Å². The third-order valence-electron chi connectivity index (χ3n) is 3.35. The first-order valence-corrected chi connectivity index (χ1v) is 6.49. The number of aromatic nitrogens is 4. The van der Waals surface area contributed by atoms with Crippen LogP contribution in [-0.4, -0.2) is 54.5 Å². The predicted octanol–water partition coefficient (Wildman–Crippen LogP) is -0.185. The number of aliphatic hydroxyl groups excluding tert-OH is 2. The van der Waals surface area contributed by atoms with Gasteiger partial charge >= 0.3 is 0 Å². The topological polar surface area (TPSA) is 122 Å². The van der Waals surface area contributed by atoms with Gasteiger partial charge in [-0.05, 0) is 0 Å². The number of carbonyl (C=O) groups excluding carboxylic acids is 1. The molecule has 118 valence electrons. The van der Waals surface area contributed by atoms with Crippen LogP contribution in [0, 0.1) is 0 Å². The van der Waals surface area contributed by atoms with Crippen LogP contribution in [-0.2, 0) is 9.53 Å². The maximum Gasteiger partial charge on any atom is 0.225 e. The second kappa shape index (κ2) is 5.95. The van der Waals surface area contributed by atoms with Crippen LogP contribution in [0.15, 0.2) is 12.7 Å². The zero-order chi connectivity index (χ0) is 20.0. The normalized spacial score (nSPS) is 29.4. The lowest BCUT2D eigenvalue weighted by atomic mass is 10.2. The Morgan fingerprint density at radius 1 is 1.64 bits per heavy atom. The van der Waals surface area contributed by atoms with Crippen molar-refractivity contribution in [2.75, 3.05) is 11.9 Å². The van der Waals surface area contributed by atoms with Gasteiger partial charge in [-0.3, -0.25) is 9.36 Å². The lowest BCUT2D eigenvalue weighted by molar-refractivity contribution is -0.115. The second-order valence-corrected chi connectivity index (χ2v) is 4.76. The van der Waals surface area contributed by atoms with E-state index in [1.165, 1.54) is 10.9 Å². The first kappa shape index (κ1) is 9.82. The molecule has 1 aliphatic heterocycles. The molecule has 3 heterocycles. The van der Waals surface area contributed by atoms with Crippen molar-refractivity contribution in [3.63, 3.8) is 0 Å². The van der Waals surface area contributed by atoms with E-state index in [1.54, 1.807) is 0 Å². The van der Waals surface area contributed by atoms with Crippen LogP contribution in [0.25, 0.3) is 11.2 Å². The molecule has 3 rings (SSSR count). The molecule has 2 aromatic rings. The van der Waals surface area contributed by atoms with Crippen LogP contribution >= 0.6 is 0 Å². The van der Waals surface area contributed by atoms with Gasteiger partial charge in [-0.2, -0.15) is 0 Å². The monoisotopic (exact) mass is 312 g/mol. The molecule has 0 aromatic carbocycles. The van der Waals surface area contributed by atoms with Crippen molar-refractivity contribution in [2.24, 2.45) is 0 Å². The average molecular weight is 312 g/mol. The Hall–Kier alpha value is -2.10. The molecule has 1 amide bonds. The quantitative estimate of drug-likeness (QED) is 0.715. The molecule has 3 N–H and O–H groups in total. The van der Waals surface area contributed by atoms with Crippen LogP contribution in [0.4, 0.5) is 5.82 Å². The van der Waals surface area contributed by atoms with Gasteiger partial charge in [0.2, 0.25) is 5.91 Å². The number of ether oxygens (including phenoxy) is 1. The fraction of sp³-hybridized carbons (Fsp3) is 0.538. The number of imidazole rings is 1. The first-order chi connectivity index (χ1) is 12.6. The highest BCUT2D eigenvalue weighted by atomic mass is 16.5. The maximum absolute atomic E-state index is 12.1.